The van der Waals surface area contributed by atoms with E-state index in [0.29, 0.717) is 6.04 Å². The molecule has 1 aromatic rings. The molecule has 1 unspecified atom stereocenters. The second-order valence-electron chi connectivity index (χ2n) is 5.77. The smallest absolute Gasteiger partial charge is 0.337 e. The Balaban J connectivity index is 1.75. The Morgan fingerprint density at radius 2 is 2.05 bits per heavy atom. The van der Waals surface area contributed by atoms with E-state index >= 15 is 0 Å². The van der Waals surface area contributed by atoms with Crippen LogP contribution in [0.2, 0.25) is 0 Å². The molecular formula is C14H19F3N4. The normalized spacial score (nSPS) is 23.4. The first-order valence-corrected chi connectivity index (χ1v) is 7.44. The maximum Gasteiger partial charge on any atom is 0.433 e. The summed E-state index contributed by atoms with van der Waals surface area (Å²) in [6.07, 6.45) is 2.23. The number of nitrogens with zero attached hydrogens (tertiary/aromatic N) is 3. The van der Waals surface area contributed by atoms with Crippen molar-refractivity contribution in [3.63, 3.8) is 0 Å². The summed E-state index contributed by atoms with van der Waals surface area (Å²) in [5, 5.41) is 3.45. The van der Waals surface area contributed by atoms with E-state index in [-0.39, 0.29) is 12.0 Å². The standard InChI is InChI=1S/C14H19F3N4/c15-14(16,17)12-6-7-18-13(20-12)21-8-2-1-3-11(21)9-19-10-4-5-10/h6-7,10-11,19H,1-5,8-9H2. The van der Waals surface area contributed by atoms with Crippen LogP contribution in [0.25, 0.3) is 0 Å². The van der Waals surface area contributed by atoms with Crippen LogP contribution in [0.1, 0.15) is 37.8 Å². The lowest BCUT2D eigenvalue weighted by molar-refractivity contribution is -0.141. The zero-order valence-electron chi connectivity index (χ0n) is 11.7. The fourth-order valence-electron chi connectivity index (χ4n) is 2.71. The summed E-state index contributed by atoms with van der Waals surface area (Å²) in [6, 6.07) is 1.70. The molecule has 2 heterocycles. The Morgan fingerprint density at radius 1 is 1.24 bits per heavy atom. The molecule has 116 valence electrons. The highest BCUT2D eigenvalue weighted by molar-refractivity contribution is 5.33. The minimum absolute atomic E-state index is 0.183. The number of hydrogen-bond acceptors (Lipinski definition) is 4. The van der Waals surface area contributed by atoms with Crippen LogP contribution in [0.5, 0.6) is 0 Å². The van der Waals surface area contributed by atoms with Crippen molar-refractivity contribution in [1.82, 2.24) is 15.3 Å². The first-order chi connectivity index (χ1) is 10.0. The van der Waals surface area contributed by atoms with Gasteiger partial charge in [0.1, 0.15) is 5.69 Å². The van der Waals surface area contributed by atoms with Crippen molar-refractivity contribution in [2.45, 2.75) is 50.4 Å². The monoisotopic (exact) mass is 300 g/mol. The molecule has 0 amide bonds. The molecule has 1 saturated heterocycles. The Bertz CT molecular complexity index is 487. The second-order valence-corrected chi connectivity index (χ2v) is 5.77. The highest BCUT2D eigenvalue weighted by Gasteiger charge is 2.34. The van der Waals surface area contributed by atoms with Crippen LogP contribution in [0, 0.1) is 0 Å². The fraction of sp³-hybridized carbons (Fsp3) is 0.714. The van der Waals surface area contributed by atoms with Gasteiger partial charge in [0.15, 0.2) is 0 Å². The number of nitrogens with one attached hydrogen (secondary N) is 1. The third-order valence-corrected chi connectivity index (χ3v) is 4.04. The second kappa shape index (κ2) is 5.79. The molecule has 7 heteroatoms. The summed E-state index contributed by atoms with van der Waals surface area (Å²) >= 11 is 0. The van der Waals surface area contributed by atoms with Crippen molar-refractivity contribution in [3.8, 4) is 0 Å². The van der Waals surface area contributed by atoms with Crippen LogP contribution in [-0.4, -0.2) is 35.1 Å². The average molecular weight is 300 g/mol. The quantitative estimate of drug-likeness (QED) is 0.928. The number of rotatable bonds is 4. The lowest BCUT2D eigenvalue weighted by Crippen LogP contribution is -2.47. The van der Waals surface area contributed by atoms with Crippen LogP contribution in [0.3, 0.4) is 0 Å². The van der Waals surface area contributed by atoms with Gasteiger partial charge < -0.3 is 10.2 Å². The Hall–Kier alpha value is -1.37. The Morgan fingerprint density at radius 3 is 2.76 bits per heavy atom. The summed E-state index contributed by atoms with van der Waals surface area (Å²) in [6.45, 7) is 1.52. The molecule has 1 aromatic heterocycles. The topological polar surface area (TPSA) is 41.1 Å². The van der Waals surface area contributed by atoms with Gasteiger partial charge in [0.2, 0.25) is 5.95 Å². The van der Waals surface area contributed by atoms with Gasteiger partial charge in [-0.2, -0.15) is 13.2 Å². The van der Waals surface area contributed by atoms with E-state index in [9.17, 15) is 13.2 Å². The summed E-state index contributed by atoms with van der Waals surface area (Å²) < 4.78 is 38.3. The third-order valence-electron chi connectivity index (χ3n) is 4.04. The molecule has 0 aromatic carbocycles. The van der Waals surface area contributed by atoms with Gasteiger partial charge in [0, 0.05) is 31.4 Å². The van der Waals surface area contributed by atoms with E-state index in [1.54, 1.807) is 0 Å². The van der Waals surface area contributed by atoms with E-state index < -0.39 is 11.9 Å². The van der Waals surface area contributed by atoms with Crippen LogP contribution < -0.4 is 10.2 Å². The maximum atomic E-state index is 12.8. The highest BCUT2D eigenvalue weighted by atomic mass is 19.4. The summed E-state index contributed by atoms with van der Waals surface area (Å²) in [5.41, 5.74) is -0.869. The van der Waals surface area contributed by atoms with E-state index in [4.69, 9.17) is 0 Å². The van der Waals surface area contributed by atoms with Crippen LogP contribution in [0.4, 0.5) is 19.1 Å². The maximum absolute atomic E-state index is 12.8. The van der Waals surface area contributed by atoms with Gasteiger partial charge >= 0.3 is 6.18 Å². The lowest BCUT2D eigenvalue weighted by atomic mass is 10.0. The van der Waals surface area contributed by atoms with E-state index in [1.807, 2.05) is 4.90 Å². The van der Waals surface area contributed by atoms with Gasteiger partial charge in [-0.1, -0.05) is 0 Å². The predicted octanol–water partition coefficient (Wildman–Crippen LogP) is 2.61. The average Bonchev–Trinajstić information content (AvgIpc) is 3.29. The largest absolute Gasteiger partial charge is 0.433 e. The summed E-state index contributed by atoms with van der Waals surface area (Å²) in [7, 11) is 0. The molecule has 1 atom stereocenters. The third kappa shape index (κ3) is 3.64. The molecule has 1 N–H and O–H groups in total. The summed E-state index contributed by atoms with van der Waals surface area (Å²) in [4.78, 5) is 9.70. The molecule has 1 aliphatic heterocycles. The van der Waals surface area contributed by atoms with Crippen LogP contribution >= 0.6 is 0 Å². The molecular weight excluding hydrogens is 281 g/mol. The van der Waals surface area contributed by atoms with E-state index in [1.165, 1.54) is 19.0 Å². The number of alkyl halides is 3. The van der Waals surface area contributed by atoms with Gasteiger partial charge in [-0.3, -0.25) is 0 Å². The van der Waals surface area contributed by atoms with Crippen molar-refractivity contribution < 1.29 is 13.2 Å². The molecule has 1 saturated carbocycles. The minimum Gasteiger partial charge on any atom is -0.337 e. The predicted molar refractivity (Wildman–Crippen MR) is 73.0 cm³/mol. The van der Waals surface area contributed by atoms with Crippen LogP contribution in [0.15, 0.2) is 12.3 Å². The molecule has 21 heavy (non-hydrogen) atoms. The number of hydrogen-bond donors (Lipinski definition) is 1. The number of aromatic nitrogens is 2. The molecule has 0 bridgehead atoms. The molecule has 3 rings (SSSR count). The van der Waals surface area contributed by atoms with Crippen molar-refractivity contribution in [3.05, 3.63) is 18.0 Å². The van der Waals surface area contributed by atoms with Gasteiger partial charge in [-0.15, -0.1) is 0 Å². The highest BCUT2D eigenvalue weighted by Crippen LogP contribution is 2.29. The van der Waals surface area contributed by atoms with Gasteiger partial charge in [-0.05, 0) is 38.2 Å². The Labute approximate surface area is 121 Å². The SMILES string of the molecule is FC(F)(F)c1ccnc(N2CCCCC2CNC2CC2)n1. The number of piperidine rings is 1. The van der Waals surface area contributed by atoms with Gasteiger partial charge in [0.25, 0.3) is 0 Å². The Kier molecular flexibility index (Phi) is 4.01. The van der Waals surface area contributed by atoms with Crippen molar-refractivity contribution in [1.29, 1.82) is 0 Å². The molecule has 2 aliphatic rings. The van der Waals surface area contributed by atoms with Gasteiger partial charge in [0.05, 0.1) is 0 Å². The molecule has 1 aliphatic carbocycles. The lowest BCUT2D eigenvalue weighted by Gasteiger charge is -2.36. The minimum atomic E-state index is -4.42. The van der Waals surface area contributed by atoms with E-state index in [0.717, 1.165) is 38.4 Å². The molecule has 0 spiro atoms. The zero-order chi connectivity index (χ0) is 14.9. The van der Waals surface area contributed by atoms with Gasteiger partial charge in [-0.25, -0.2) is 9.97 Å². The number of anilines is 1. The van der Waals surface area contributed by atoms with Crippen molar-refractivity contribution >= 4 is 5.95 Å². The molecule has 2 fully saturated rings. The fourth-order valence-corrected chi connectivity index (χ4v) is 2.71. The van der Waals surface area contributed by atoms with Crippen molar-refractivity contribution in [2.24, 2.45) is 0 Å². The molecule has 4 nitrogen and oxygen atoms in total. The first-order valence-electron chi connectivity index (χ1n) is 7.44. The van der Waals surface area contributed by atoms with Crippen molar-refractivity contribution in [2.75, 3.05) is 18.0 Å². The van der Waals surface area contributed by atoms with E-state index in [2.05, 4.69) is 15.3 Å². The molecule has 0 radical (unpaired) electrons. The number of halogens is 3. The zero-order valence-corrected chi connectivity index (χ0v) is 11.7. The first kappa shape index (κ1) is 14.6. The summed E-state index contributed by atoms with van der Waals surface area (Å²) in [5.74, 6) is 0.201. The van der Waals surface area contributed by atoms with Crippen LogP contribution in [-0.2, 0) is 6.18 Å².